The van der Waals surface area contributed by atoms with Crippen LogP contribution in [0.25, 0.3) is 0 Å². The van der Waals surface area contributed by atoms with Crippen molar-refractivity contribution in [2.45, 2.75) is 298 Å². The predicted octanol–water partition coefficient (Wildman–Crippen LogP) is 16.0. The SMILES string of the molecule is C1CC12CCC1(CC2)CO1.C[C@H](C(CC1(O)CCC2(CC1)CC2)S(=O)(=O)c1ccccc1)[C@H]1CC[C@H]2[C@@H]3CC=C4C[C@@](C)(O)CC[C@]4(C)[C@H]3CC[C@]12C.C[C@H](CS(=O)(=O)c1ccccc1)[C@H]1CC[C@H]2[C@@H]3CC=C4C[C@](O)(C(F)(F)F)CC[C@]4(C)[C@H]3CC[C@]12C.[CH2-]CCC.[Li+]. The molecule has 1 heterocycles. The number of epoxide rings is 1. The van der Waals surface area contributed by atoms with Crippen LogP contribution in [0.2, 0.25) is 0 Å². The third kappa shape index (κ3) is 13.9. The first-order valence-electron chi connectivity index (χ1n) is 37.3. The summed E-state index contributed by atoms with van der Waals surface area (Å²) in [6.07, 6.45) is 30.6. The first-order valence-corrected chi connectivity index (χ1v) is 40.5. The third-order valence-corrected chi connectivity index (χ3v) is 34.3. The van der Waals surface area contributed by atoms with Crippen molar-refractivity contribution in [3.05, 3.63) is 90.9 Å². The fourth-order valence-corrected chi connectivity index (χ4v) is 27.0. The van der Waals surface area contributed by atoms with E-state index in [1.807, 2.05) is 37.3 Å². The Labute approximate surface area is 577 Å². The molecular weight excluding hydrogens is 1220 g/mol. The molecule has 11 fully saturated rings. The van der Waals surface area contributed by atoms with Gasteiger partial charge >= 0.3 is 25.0 Å². The van der Waals surface area contributed by atoms with Crippen LogP contribution in [0, 0.1) is 98.6 Å². The number of sulfone groups is 2. The topological polar surface area (TPSA) is 142 Å². The van der Waals surface area contributed by atoms with Gasteiger partial charge in [-0.25, -0.2) is 16.8 Å². The van der Waals surface area contributed by atoms with Crippen molar-refractivity contribution in [3.63, 3.8) is 0 Å². The molecule has 0 bridgehead atoms. The van der Waals surface area contributed by atoms with Gasteiger partial charge in [0.2, 0.25) is 0 Å². The van der Waals surface area contributed by atoms with E-state index in [-0.39, 0.29) is 71.0 Å². The second-order valence-corrected chi connectivity index (χ2v) is 39.6. The molecule has 2 aromatic carbocycles. The zero-order valence-corrected chi connectivity index (χ0v) is 60.8. The number of allylic oxidation sites excluding steroid dienone is 2. The molecule has 0 aromatic heterocycles. The molecule has 1 unspecified atom stereocenters. The van der Waals surface area contributed by atoms with Crippen LogP contribution in [-0.2, 0) is 24.4 Å². The Bertz CT molecular complexity index is 3240. The minimum absolute atomic E-state index is 0. The van der Waals surface area contributed by atoms with E-state index in [4.69, 9.17) is 4.74 Å². The van der Waals surface area contributed by atoms with E-state index in [9.17, 15) is 45.3 Å². The van der Waals surface area contributed by atoms with Crippen LogP contribution in [0.4, 0.5) is 13.2 Å². The number of halogens is 3. The smallest absolute Gasteiger partial charge is 0.390 e. The number of unbranched alkanes of at least 4 members (excludes halogenated alkanes) is 1. The predicted molar refractivity (Wildman–Crippen MR) is 365 cm³/mol. The average Bonchev–Trinajstić information content (AvgIpc) is 1.65. The minimum atomic E-state index is -4.61. The number of ether oxygens (including phenoxy) is 1. The van der Waals surface area contributed by atoms with Crippen LogP contribution in [0.3, 0.4) is 0 Å². The Hall–Kier alpha value is -1.95. The maximum absolute atomic E-state index is 14.5. The van der Waals surface area contributed by atoms with Crippen molar-refractivity contribution in [1.29, 1.82) is 0 Å². The fraction of sp³-hybridized carbons (Fsp3) is 0.787. The Morgan fingerprint density at radius 2 is 1.02 bits per heavy atom. The molecule has 2 aromatic rings. The zero-order valence-electron chi connectivity index (χ0n) is 59.2. The molecule has 14 heteroatoms. The minimum Gasteiger partial charge on any atom is -0.390 e. The van der Waals surface area contributed by atoms with Gasteiger partial charge in [0, 0.05) is 6.42 Å². The zero-order chi connectivity index (χ0) is 66.7. The van der Waals surface area contributed by atoms with Gasteiger partial charge in [-0.1, -0.05) is 115 Å². The molecule has 3 N–H and O–H groups in total. The molecule has 0 radical (unpaired) electrons. The Morgan fingerprint density at radius 3 is 1.50 bits per heavy atom. The van der Waals surface area contributed by atoms with Gasteiger partial charge in [-0.15, -0.1) is 0 Å². The average molecular weight is 1340 g/mol. The van der Waals surface area contributed by atoms with Gasteiger partial charge in [-0.2, -0.15) is 19.6 Å². The quantitative estimate of drug-likeness (QED) is 0.0874. The molecule has 1 saturated heterocycles. The maximum atomic E-state index is 14.5. The van der Waals surface area contributed by atoms with Crippen molar-refractivity contribution < 1.29 is 68.9 Å². The van der Waals surface area contributed by atoms with E-state index in [0.717, 1.165) is 120 Å². The molecule has 1 aliphatic heterocycles. The van der Waals surface area contributed by atoms with Crippen molar-refractivity contribution in [1.82, 2.24) is 0 Å². The summed E-state index contributed by atoms with van der Waals surface area (Å²) in [4.78, 5) is 0.800. The van der Waals surface area contributed by atoms with Crippen LogP contribution >= 0.6 is 0 Å². The summed E-state index contributed by atoms with van der Waals surface area (Å²) >= 11 is 0. The summed E-state index contributed by atoms with van der Waals surface area (Å²) in [5.74, 6) is 3.98. The number of benzene rings is 2. The molecule has 17 atom stereocenters. The number of hydrogen-bond donors (Lipinski definition) is 3. The van der Waals surface area contributed by atoms with Crippen LogP contribution in [0.5, 0.6) is 0 Å². The number of rotatable bonds is 11. The van der Waals surface area contributed by atoms with E-state index >= 15 is 0 Å². The summed E-state index contributed by atoms with van der Waals surface area (Å²) in [6, 6.07) is 17.8. The van der Waals surface area contributed by atoms with Gasteiger partial charge < -0.3 is 27.0 Å². The second kappa shape index (κ2) is 26.5. The van der Waals surface area contributed by atoms with E-state index < -0.39 is 47.9 Å². The largest absolute Gasteiger partial charge is 1.00 e. The van der Waals surface area contributed by atoms with E-state index in [1.165, 1.54) is 76.2 Å². The van der Waals surface area contributed by atoms with Crippen molar-refractivity contribution in [2.75, 3.05) is 12.4 Å². The monoisotopic (exact) mass is 1330 g/mol. The summed E-state index contributed by atoms with van der Waals surface area (Å²) < 4.78 is 101. The van der Waals surface area contributed by atoms with Gasteiger partial charge in [0.1, 0.15) is 0 Å². The molecule has 3 spiro atoms. The standard InChI is InChI=1S/C38H56O4S.C29H39F3O3S.C9H14O.C4H9.Li/c1-26(33(43(41,42)28-8-6-5-7-9-28)25-38(40)22-20-37(18-19-37)21-23-38)30-12-13-31-29-11-10-27-24-34(2,39)16-17-35(27,3)32(29)14-15-36(30,31)4;1-19(18-36(34,35)21-7-5-4-6-8-21)23-11-12-24-22-10-9-20-17-28(33,29(30,31)32)16-15-26(20,2)25(22)13-14-27(23,24)3;1-2-8(1)3-5-9(6-4-8)7-10-9;1-3-4-2;/h5-10,26,29-33,39-40H,11-25H2,1-4H3;4-9,19,22-25,33H,10-18H2,1-3H3;1-7H2;1,3-4H2,2H3;/q;;;-1;+1/t26-,29-,30+,31-,32-,33?,34-,35-,36+;19-,22+,23-,24+,25+,26+,27-,28+;;;/m01.../s1. The molecule has 15 rings (SSSR count). The fourth-order valence-electron chi connectivity index (χ4n) is 23.2. The molecule has 520 valence electrons. The van der Waals surface area contributed by atoms with Crippen LogP contribution < -0.4 is 18.9 Å². The summed E-state index contributed by atoms with van der Waals surface area (Å²) in [7, 11) is -6.96. The van der Waals surface area contributed by atoms with Crippen LogP contribution in [-0.4, -0.2) is 78.3 Å². The first kappa shape index (κ1) is 73.3. The molecule has 8 nitrogen and oxygen atoms in total. The number of fused-ring (bicyclic) bond motifs is 10. The van der Waals surface area contributed by atoms with Crippen LogP contribution in [0.1, 0.15) is 254 Å². The number of hydrogen-bond acceptors (Lipinski definition) is 8. The van der Waals surface area contributed by atoms with Crippen molar-refractivity contribution >= 4 is 19.7 Å². The van der Waals surface area contributed by atoms with E-state index in [2.05, 4.69) is 61.5 Å². The second-order valence-electron chi connectivity index (χ2n) is 35.4. The van der Waals surface area contributed by atoms with Crippen molar-refractivity contribution in [2.24, 2.45) is 91.7 Å². The van der Waals surface area contributed by atoms with Crippen LogP contribution in [0.15, 0.2) is 93.8 Å². The van der Waals surface area contributed by atoms with Gasteiger partial charge in [-0.3, -0.25) is 0 Å². The molecule has 0 amide bonds. The molecule has 94 heavy (non-hydrogen) atoms. The van der Waals surface area contributed by atoms with E-state index in [0.29, 0.717) is 81.0 Å². The summed E-state index contributed by atoms with van der Waals surface area (Å²) in [6.45, 7) is 22.6. The van der Waals surface area contributed by atoms with Gasteiger partial charge in [0.15, 0.2) is 25.3 Å². The number of alkyl halides is 3. The third-order valence-electron chi connectivity index (χ3n) is 30.0. The van der Waals surface area contributed by atoms with Gasteiger partial charge in [0.05, 0.1) is 44.2 Å². The number of aliphatic hydroxyl groups is 3. The molecule has 13 aliphatic rings. The summed E-state index contributed by atoms with van der Waals surface area (Å²) in [5.41, 5.74) is 0.0429. The van der Waals surface area contributed by atoms with Gasteiger partial charge in [-0.05, 0) is 303 Å². The Kier molecular flexibility index (Phi) is 20.6. The molecule has 12 aliphatic carbocycles. The molecular formula is C80H118F3LiO8S2. The maximum Gasteiger partial charge on any atom is 1.00 e. The van der Waals surface area contributed by atoms with E-state index in [1.54, 1.807) is 36.4 Å². The normalized spacial score (nSPS) is 40.9. The van der Waals surface area contributed by atoms with Crippen molar-refractivity contribution in [3.8, 4) is 0 Å². The Balaban J connectivity index is 0.000000158. The van der Waals surface area contributed by atoms with Gasteiger partial charge in [0.25, 0.3) is 0 Å². The first-order chi connectivity index (χ1) is 43.7. The Morgan fingerprint density at radius 1 is 0.574 bits per heavy atom. The molecule has 10 saturated carbocycles. The summed E-state index contributed by atoms with van der Waals surface area (Å²) in [5, 5.41) is 32.6.